The van der Waals surface area contributed by atoms with Crippen molar-refractivity contribution in [1.82, 2.24) is 9.78 Å². The average Bonchev–Trinajstić information content (AvgIpc) is 2.61. The number of halogens is 1. The largest absolute Gasteiger partial charge is 0.325 e. The lowest BCUT2D eigenvalue weighted by Gasteiger charge is -2.29. The Balaban J connectivity index is 2.14. The SMILES string of the molecule is CCn1nc(C)c(Br)c1CC1(N)CCCC(C(C)C)CC1. The van der Waals surface area contributed by atoms with Crippen molar-refractivity contribution in [3.8, 4) is 0 Å². The number of aryl methyl sites for hydroxylation is 2. The van der Waals surface area contributed by atoms with Crippen molar-refractivity contribution in [3.05, 3.63) is 15.9 Å². The van der Waals surface area contributed by atoms with Gasteiger partial charge in [-0.05, 0) is 60.9 Å². The van der Waals surface area contributed by atoms with Crippen molar-refractivity contribution in [1.29, 1.82) is 0 Å². The van der Waals surface area contributed by atoms with E-state index in [9.17, 15) is 0 Å². The molecule has 120 valence electrons. The second-order valence-electron chi connectivity index (χ2n) is 7.14. The fourth-order valence-corrected chi connectivity index (χ4v) is 4.10. The zero-order valence-corrected chi connectivity index (χ0v) is 15.5. The Bertz CT molecular complexity index is 481. The maximum absolute atomic E-state index is 6.79. The molecule has 0 radical (unpaired) electrons. The first-order chi connectivity index (χ1) is 9.86. The van der Waals surface area contributed by atoms with Crippen LogP contribution in [-0.2, 0) is 13.0 Å². The molecule has 2 atom stereocenters. The Labute approximate surface area is 137 Å². The molecular formula is C17H30BrN3. The van der Waals surface area contributed by atoms with Crippen molar-refractivity contribution < 1.29 is 0 Å². The lowest BCUT2D eigenvalue weighted by atomic mass is 9.84. The van der Waals surface area contributed by atoms with Crippen LogP contribution in [0.3, 0.4) is 0 Å². The zero-order chi connectivity index (χ0) is 15.6. The van der Waals surface area contributed by atoms with Gasteiger partial charge in [0.25, 0.3) is 0 Å². The van der Waals surface area contributed by atoms with Gasteiger partial charge < -0.3 is 5.73 Å². The number of nitrogens with zero attached hydrogens (tertiary/aromatic N) is 2. The van der Waals surface area contributed by atoms with Crippen LogP contribution in [0.2, 0.25) is 0 Å². The predicted molar refractivity (Wildman–Crippen MR) is 92.4 cm³/mol. The molecule has 0 aromatic carbocycles. The molecule has 1 saturated carbocycles. The van der Waals surface area contributed by atoms with E-state index in [-0.39, 0.29) is 5.54 Å². The molecule has 3 nitrogen and oxygen atoms in total. The van der Waals surface area contributed by atoms with Gasteiger partial charge in [-0.25, -0.2) is 0 Å². The summed E-state index contributed by atoms with van der Waals surface area (Å²) in [5, 5.41) is 4.61. The number of hydrogen-bond donors (Lipinski definition) is 1. The van der Waals surface area contributed by atoms with E-state index >= 15 is 0 Å². The molecule has 0 saturated heterocycles. The van der Waals surface area contributed by atoms with Crippen LogP contribution in [0.1, 0.15) is 64.3 Å². The summed E-state index contributed by atoms with van der Waals surface area (Å²) in [7, 11) is 0. The van der Waals surface area contributed by atoms with E-state index in [0.717, 1.165) is 47.8 Å². The quantitative estimate of drug-likeness (QED) is 0.810. The van der Waals surface area contributed by atoms with E-state index in [4.69, 9.17) is 5.73 Å². The van der Waals surface area contributed by atoms with Crippen molar-refractivity contribution in [2.45, 2.75) is 78.3 Å². The number of nitrogens with two attached hydrogens (primary N) is 1. The maximum Gasteiger partial charge on any atom is 0.0738 e. The summed E-state index contributed by atoms with van der Waals surface area (Å²) in [4.78, 5) is 0. The standard InChI is InChI=1S/C17H30BrN3/c1-5-21-15(16(18)13(4)20-21)11-17(19)9-6-7-14(8-10-17)12(2)3/h12,14H,5-11,19H2,1-4H3. The van der Waals surface area contributed by atoms with Gasteiger partial charge in [-0.15, -0.1) is 0 Å². The van der Waals surface area contributed by atoms with E-state index in [1.807, 2.05) is 0 Å². The molecule has 0 amide bonds. The first kappa shape index (κ1) is 17.0. The van der Waals surface area contributed by atoms with Gasteiger partial charge in [-0.3, -0.25) is 4.68 Å². The molecule has 1 aromatic heterocycles. The zero-order valence-electron chi connectivity index (χ0n) is 14.0. The molecule has 1 aliphatic carbocycles. The van der Waals surface area contributed by atoms with Gasteiger partial charge in [-0.1, -0.05) is 26.7 Å². The van der Waals surface area contributed by atoms with Gasteiger partial charge in [0.15, 0.2) is 0 Å². The van der Waals surface area contributed by atoms with Crippen LogP contribution in [-0.4, -0.2) is 15.3 Å². The molecule has 1 heterocycles. The summed E-state index contributed by atoms with van der Waals surface area (Å²) >= 11 is 3.71. The van der Waals surface area contributed by atoms with Crippen molar-refractivity contribution in [2.75, 3.05) is 0 Å². The highest BCUT2D eigenvalue weighted by Gasteiger charge is 2.32. The fraction of sp³-hybridized carbons (Fsp3) is 0.824. The van der Waals surface area contributed by atoms with Crippen LogP contribution in [0.4, 0.5) is 0 Å². The minimum absolute atomic E-state index is 0.0639. The summed E-state index contributed by atoms with van der Waals surface area (Å²) in [5.74, 6) is 1.62. The van der Waals surface area contributed by atoms with Crippen LogP contribution < -0.4 is 5.73 Å². The number of hydrogen-bond acceptors (Lipinski definition) is 2. The smallest absolute Gasteiger partial charge is 0.0738 e. The summed E-state index contributed by atoms with van der Waals surface area (Å²) in [6, 6.07) is 0. The molecule has 21 heavy (non-hydrogen) atoms. The highest BCUT2D eigenvalue weighted by molar-refractivity contribution is 9.10. The van der Waals surface area contributed by atoms with Gasteiger partial charge in [0.05, 0.1) is 15.9 Å². The molecule has 1 aromatic rings. The van der Waals surface area contributed by atoms with E-state index in [1.54, 1.807) is 0 Å². The lowest BCUT2D eigenvalue weighted by molar-refractivity contribution is 0.318. The Morgan fingerprint density at radius 3 is 2.71 bits per heavy atom. The van der Waals surface area contributed by atoms with Crippen LogP contribution in [0.5, 0.6) is 0 Å². The number of aromatic nitrogens is 2. The first-order valence-corrected chi connectivity index (χ1v) is 9.16. The third-order valence-electron chi connectivity index (χ3n) is 5.18. The minimum atomic E-state index is -0.0639. The number of rotatable bonds is 4. The second kappa shape index (κ2) is 6.82. The molecule has 1 aliphatic rings. The van der Waals surface area contributed by atoms with Gasteiger partial charge in [0.2, 0.25) is 0 Å². The molecule has 0 spiro atoms. The van der Waals surface area contributed by atoms with E-state index in [1.165, 1.54) is 25.0 Å². The molecule has 1 fully saturated rings. The van der Waals surface area contributed by atoms with Crippen LogP contribution in [0, 0.1) is 18.8 Å². The van der Waals surface area contributed by atoms with Gasteiger partial charge in [0.1, 0.15) is 0 Å². The maximum atomic E-state index is 6.79. The minimum Gasteiger partial charge on any atom is -0.325 e. The third-order valence-corrected chi connectivity index (χ3v) is 6.21. The van der Waals surface area contributed by atoms with Gasteiger partial charge >= 0.3 is 0 Å². The molecule has 2 unspecified atom stereocenters. The Morgan fingerprint density at radius 2 is 2.10 bits per heavy atom. The topological polar surface area (TPSA) is 43.8 Å². The Morgan fingerprint density at radius 1 is 1.38 bits per heavy atom. The van der Waals surface area contributed by atoms with Crippen LogP contribution in [0.15, 0.2) is 4.47 Å². The van der Waals surface area contributed by atoms with Crippen LogP contribution >= 0.6 is 15.9 Å². The average molecular weight is 356 g/mol. The molecule has 2 N–H and O–H groups in total. The Hall–Kier alpha value is -0.350. The predicted octanol–water partition coefficient (Wildman–Crippen LogP) is 4.45. The molecule has 4 heteroatoms. The van der Waals surface area contributed by atoms with Crippen LogP contribution in [0.25, 0.3) is 0 Å². The first-order valence-electron chi connectivity index (χ1n) is 8.37. The summed E-state index contributed by atoms with van der Waals surface area (Å²) in [6.45, 7) is 9.81. The highest BCUT2D eigenvalue weighted by Crippen LogP contribution is 2.36. The lowest BCUT2D eigenvalue weighted by Crippen LogP contribution is -2.42. The van der Waals surface area contributed by atoms with Gasteiger partial charge in [0, 0.05) is 18.5 Å². The van der Waals surface area contributed by atoms with E-state index < -0.39 is 0 Å². The monoisotopic (exact) mass is 355 g/mol. The Kier molecular flexibility index (Phi) is 5.53. The summed E-state index contributed by atoms with van der Waals surface area (Å²) < 4.78 is 3.26. The summed E-state index contributed by atoms with van der Waals surface area (Å²) in [6.07, 6.45) is 7.07. The van der Waals surface area contributed by atoms with E-state index in [0.29, 0.717) is 0 Å². The normalized spacial score (nSPS) is 27.1. The van der Waals surface area contributed by atoms with Crippen molar-refractivity contribution >= 4 is 15.9 Å². The summed E-state index contributed by atoms with van der Waals surface area (Å²) in [5.41, 5.74) is 9.08. The molecule has 0 aliphatic heterocycles. The molecular weight excluding hydrogens is 326 g/mol. The molecule has 0 bridgehead atoms. The third kappa shape index (κ3) is 3.89. The van der Waals surface area contributed by atoms with Crippen molar-refractivity contribution in [2.24, 2.45) is 17.6 Å². The second-order valence-corrected chi connectivity index (χ2v) is 7.93. The fourth-order valence-electron chi connectivity index (χ4n) is 3.67. The van der Waals surface area contributed by atoms with Crippen molar-refractivity contribution in [3.63, 3.8) is 0 Å². The van der Waals surface area contributed by atoms with Gasteiger partial charge in [-0.2, -0.15) is 5.10 Å². The van der Waals surface area contributed by atoms with E-state index in [2.05, 4.69) is 53.4 Å². The highest BCUT2D eigenvalue weighted by atomic mass is 79.9. The molecule has 2 rings (SSSR count).